The maximum absolute atomic E-state index is 12.5. The fourth-order valence-corrected chi connectivity index (χ4v) is 3.24. The number of nitrogens with zero attached hydrogens (tertiary/aromatic N) is 4. The summed E-state index contributed by atoms with van der Waals surface area (Å²) >= 11 is 0. The average molecular weight is 368 g/mol. The van der Waals surface area contributed by atoms with Crippen molar-refractivity contribution in [2.24, 2.45) is 12.0 Å². The first-order chi connectivity index (χ1) is 13.2. The van der Waals surface area contributed by atoms with Crippen LogP contribution in [-0.2, 0) is 24.8 Å². The number of carbonyl (C=O) groups is 1. The molecule has 2 aromatic rings. The second kappa shape index (κ2) is 9.21. The second-order valence-electron chi connectivity index (χ2n) is 6.60. The van der Waals surface area contributed by atoms with Crippen LogP contribution in [-0.4, -0.2) is 41.3 Å². The minimum atomic E-state index is 0.193. The Morgan fingerprint density at radius 3 is 2.89 bits per heavy atom. The highest BCUT2D eigenvalue weighted by atomic mass is 16.2. The molecule has 1 aromatic heterocycles. The molecule has 1 aromatic carbocycles. The van der Waals surface area contributed by atoms with Gasteiger partial charge in [-0.15, -0.1) is 0 Å². The van der Waals surface area contributed by atoms with Gasteiger partial charge in [0.1, 0.15) is 0 Å². The van der Waals surface area contributed by atoms with Gasteiger partial charge in [0.25, 0.3) is 0 Å². The van der Waals surface area contributed by atoms with Gasteiger partial charge in [0.2, 0.25) is 5.91 Å². The highest BCUT2D eigenvalue weighted by Gasteiger charge is 2.23. The lowest BCUT2D eigenvalue weighted by Crippen LogP contribution is -2.38. The number of aliphatic imine (C=N–C) groups is 1. The highest BCUT2D eigenvalue weighted by molar-refractivity contribution is 5.95. The summed E-state index contributed by atoms with van der Waals surface area (Å²) in [5.41, 5.74) is 3.39. The van der Waals surface area contributed by atoms with Crippen LogP contribution in [0, 0.1) is 0 Å². The first kappa shape index (κ1) is 18.9. The van der Waals surface area contributed by atoms with E-state index in [-0.39, 0.29) is 5.91 Å². The summed E-state index contributed by atoms with van der Waals surface area (Å²) in [6.07, 6.45) is 4.02. The van der Waals surface area contributed by atoms with Crippen molar-refractivity contribution in [3.63, 3.8) is 0 Å². The Bertz CT molecular complexity index is 797. The number of amides is 1. The molecule has 7 nitrogen and oxygen atoms in total. The second-order valence-corrected chi connectivity index (χ2v) is 6.60. The number of anilines is 1. The van der Waals surface area contributed by atoms with Crippen LogP contribution >= 0.6 is 0 Å². The van der Waals surface area contributed by atoms with Crippen LogP contribution in [0.15, 0.2) is 41.5 Å². The Balaban J connectivity index is 1.45. The first-order valence-corrected chi connectivity index (χ1v) is 9.56. The van der Waals surface area contributed by atoms with E-state index in [4.69, 9.17) is 0 Å². The molecule has 0 saturated heterocycles. The minimum absolute atomic E-state index is 0.193. The van der Waals surface area contributed by atoms with E-state index in [1.807, 2.05) is 47.8 Å². The molecule has 3 rings (SSSR count). The zero-order valence-electron chi connectivity index (χ0n) is 16.1. The number of benzene rings is 1. The molecule has 1 aliphatic heterocycles. The molecule has 1 aliphatic rings. The topological polar surface area (TPSA) is 74.5 Å². The third-order valence-electron chi connectivity index (χ3n) is 4.71. The fourth-order valence-electron chi connectivity index (χ4n) is 3.24. The number of nitrogens with one attached hydrogen (secondary N) is 2. The van der Waals surface area contributed by atoms with Crippen molar-refractivity contribution < 1.29 is 4.79 Å². The zero-order valence-corrected chi connectivity index (χ0v) is 16.1. The monoisotopic (exact) mass is 368 g/mol. The van der Waals surface area contributed by atoms with E-state index >= 15 is 0 Å². The number of fused-ring (bicyclic) bond motifs is 1. The van der Waals surface area contributed by atoms with E-state index in [0.717, 1.165) is 43.3 Å². The summed E-state index contributed by atoms with van der Waals surface area (Å²) in [4.78, 5) is 19.0. The molecular formula is C20H28N6O. The van der Waals surface area contributed by atoms with Crippen LogP contribution in [0.3, 0.4) is 0 Å². The van der Waals surface area contributed by atoms with Gasteiger partial charge in [0.15, 0.2) is 5.96 Å². The van der Waals surface area contributed by atoms with Crippen LogP contribution in [0.5, 0.6) is 0 Å². The summed E-state index contributed by atoms with van der Waals surface area (Å²) in [6, 6.07) is 10.1. The van der Waals surface area contributed by atoms with Crippen molar-refractivity contribution in [3.05, 3.63) is 47.8 Å². The number of aryl methyl sites for hydroxylation is 1. The number of hydrogen-bond donors (Lipinski definition) is 2. The lowest BCUT2D eigenvalue weighted by atomic mass is 10.2. The maximum atomic E-state index is 12.5. The number of rotatable bonds is 7. The molecule has 144 valence electrons. The van der Waals surface area contributed by atoms with Crippen LogP contribution < -0.4 is 15.5 Å². The largest absolute Gasteiger partial charge is 0.357 e. The molecule has 1 amide bonds. The van der Waals surface area contributed by atoms with Gasteiger partial charge >= 0.3 is 0 Å². The van der Waals surface area contributed by atoms with E-state index < -0.39 is 0 Å². The van der Waals surface area contributed by atoms with Gasteiger partial charge in [0.05, 0.1) is 12.2 Å². The standard InChI is InChI=1S/C20H28N6O/c1-3-21-20(23-15-17-10-13-24-25(17)2)22-12-6-9-19(27)26-14-11-16-7-4-5-8-18(16)26/h4-5,7-8,10,13H,3,6,9,11-12,14-15H2,1-2H3,(H2,21,22,23). The Morgan fingerprint density at radius 2 is 2.11 bits per heavy atom. The number of hydrogen-bond acceptors (Lipinski definition) is 3. The summed E-state index contributed by atoms with van der Waals surface area (Å²) in [5.74, 6) is 0.955. The van der Waals surface area contributed by atoms with Crippen LogP contribution in [0.2, 0.25) is 0 Å². The molecule has 2 N–H and O–H groups in total. The van der Waals surface area contributed by atoms with Gasteiger partial charge in [-0.05, 0) is 37.5 Å². The minimum Gasteiger partial charge on any atom is -0.357 e. The number of aromatic nitrogens is 2. The normalized spacial score (nSPS) is 13.6. The molecule has 0 fully saturated rings. The molecule has 27 heavy (non-hydrogen) atoms. The highest BCUT2D eigenvalue weighted by Crippen LogP contribution is 2.27. The van der Waals surface area contributed by atoms with E-state index in [1.165, 1.54) is 5.56 Å². The average Bonchev–Trinajstić information content (AvgIpc) is 3.29. The molecule has 0 radical (unpaired) electrons. The van der Waals surface area contributed by atoms with Crippen LogP contribution in [0.4, 0.5) is 5.69 Å². The van der Waals surface area contributed by atoms with Gasteiger partial charge in [-0.3, -0.25) is 9.48 Å². The van der Waals surface area contributed by atoms with E-state index in [9.17, 15) is 4.79 Å². The predicted octanol–water partition coefficient (Wildman–Crippen LogP) is 1.84. The van der Waals surface area contributed by atoms with E-state index in [2.05, 4.69) is 26.8 Å². The summed E-state index contributed by atoms with van der Waals surface area (Å²) < 4.78 is 1.82. The molecule has 0 atom stereocenters. The smallest absolute Gasteiger partial charge is 0.227 e. The first-order valence-electron chi connectivity index (χ1n) is 9.56. The molecule has 7 heteroatoms. The van der Waals surface area contributed by atoms with Crippen molar-refractivity contribution in [1.29, 1.82) is 0 Å². The number of para-hydroxylation sites is 1. The molecular weight excluding hydrogens is 340 g/mol. The molecule has 0 bridgehead atoms. The van der Waals surface area contributed by atoms with Gasteiger partial charge in [-0.25, -0.2) is 4.99 Å². The third-order valence-corrected chi connectivity index (χ3v) is 4.71. The Morgan fingerprint density at radius 1 is 1.26 bits per heavy atom. The lowest BCUT2D eigenvalue weighted by Gasteiger charge is -2.17. The van der Waals surface area contributed by atoms with Crippen molar-refractivity contribution in [2.45, 2.75) is 32.7 Å². The number of guanidine groups is 1. The van der Waals surface area contributed by atoms with Crippen molar-refractivity contribution in [1.82, 2.24) is 20.4 Å². The van der Waals surface area contributed by atoms with Crippen LogP contribution in [0.25, 0.3) is 0 Å². The van der Waals surface area contributed by atoms with E-state index in [1.54, 1.807) is 6.20 Å². The SMILES string of the molecule is CCNC(=NCc1ccnn1C)NCCCC(=O)N1CCc2ccccc21. The summed E-state index contributed by atoms with van der Waals surface area (Å²) in [5, 5.41) is 10.7. The van der Waals surface area contributed by atoms with Crippen molar-refractivity contribution in [2.75, 3.05) is 24.5 Å². The van der Waals surface area contributed by atoms with Gasteiger partial charge in [-0.2, -0.15) is 5.10 Å². The van der Waals surface area contributed by atoms with Gasteiger partial charge < -0.3 is 15.5 Å². The molecule has 0 unspecified atom stereocenters. The Labute approximate surface area is 160 Å². The summed E-state index contributed by atoms with van der Waals surface area (Å²) in [7, 11) is 1.91. The van der Waals surface area contributed by atoms with Gasteiger partial charge in [0, 0.05) is 45.0 Å². The molecule has 0 aliphatic carbocycles. The lowest BCUT2D eigenvalue weighted by molar-refractivity contribution is -0.118. The van der Waals surface area contributed by atoms with Gasteiger partial charge in [-0.1, -0.05) is 18.2 Å². The summed E-state index contributed by atoms with van der Waals surface area (Å²) in [6.45, 7) is 4.89. The Hall–Kier alpha value is -2.83. The molecule has 0 spiro atoms. The fraction of sp³-hybridized carbons (Fsp3) is 0.450. The van der Waals surface area contributed by atoms with Crippen molar-refractivity contribution in [3.8, 4) is 0 Å². The van der Waals surface area contributed by atoms with Crippen molar-refractivity contribution >= 4 is 17.6 Å². The maximum Gasteiger partial charge on any atom is 0.227 e. The Kier molecular flexibility index (Phi) is 6.46. The third kappa shape index (κ3) is 4.87. The molecule has 2 heterocycles. The number of carbonyl (C=O) groups excluding carboxylic acids is 1. The zero-order chi connectivity index (χ0) is 19.1. The quantitative estimate of drug-likeness (QED) is 0.444. The molecule has 0 saturated carbocycles. The predicted molar refractivity (Wildman–Crippen MR) is 108 cm³/mol. The van der Waals surface area contributed by atoms with Crippen LogP contribution in [0.1, 0.15) is 31.0 Å². The van der Waals surface area contributed by atoms with E-state index in [0.29, 0.717) is 19.5 Å².